The molecule has 1 aromatic heterocycles. The van der Waals surface area contributed by atoms with Gasteiger partial charge in [0.05, 0.1) is 24.1 Å². The molecule has 1 aliphatic rings. The van der Waals surface area contributed by atoms with Crippen molar-refractivity contribution in [3.63, 3.8) is 0 Å². The maximum atomic E-state index is 10.9. The monoisotopic (exact) mass is 352 g/mol. The Bertz CT molecular complexity index is 969. The number of hydrogen-bond acceptors (Lipinski definition) is 7. The summed E-state index contributed by atoms with van der Waals surface area (Å²) in [7, 11) is 1.60. The molecule has 0 amide bonds. The number of non-ortho nitro benzene ring substituents is 1. The Morgan fingerprint density at radius 1 is 1.31 bits per heavy atom. The average molecular weight is 352 g/mol. The van der Waals surface area contributed by atoms with Crippen molar-refractivity contribution in [2.45, 2.75) is 13.0 Å². The molecule has 0 N–H and O–H groups in total. The van der Waals surface area contributed by atoms with Crippen molar-refractivity contribution >= 4 is 11.4 Å². The molecule has 4 rings (SSSR count). The van der Waals surface area contributed by atoms with Gasteiger partial charge in [0.2, 0.25) is 11.7 Å². The Labute approximate surface area is 149 Å². The molecule has 3 aromatic rings. The molecule has 8 heteroatoms. The van der Waals surface area contributed by atoms with Crippen LogP contribution in [0.1, 0.15) is 11.5 Å². The first-order valence-corrected chi connectivity index (χ1v) is 8.14. The van der Waals surface area contributed by atoms with Gasteiger partial charge in [-0.1, -0.05) is 17.3 Å². The molecular weight excluding hydrogens is 336 g/mol. The van der Waals surface area contributed by atoms with Gasteiger partial charge in [0.25, 0.3) is 5.69 Å². The summed E-state index contributed by atoms with van der Waals surface area (Å²) in [6, 6.07) is 12.4. The molecule has 0 saturated carbocycles. The van der Waals surface area contributed by atoms with Gasteiger partial charge in [0, 0.05) is 24.4 Å². The van der Waals surface area contributed by atoms with Crippen molar-refractivity contribution in [1.82, 2.24) is 10.1 Å². The molecule has 132 valence electrons. The first kappa shape index (κ1) is 16.1. The molecule has 0 unspecified atom stereocenters. The van der Waals surface area contributed by atoms with Crippen LogP contribution in [0.5, 0.6) is 5.75 Å². The van der Waals surface area contributed by atoms with Crippen molar-refractivity contribution < 1.29 is 14.2 Å². The maximum absolute atomic E-state index is 10.9. The summed E-state index contributed by atoms with van der Waals surface area (Å²) in [5.74, 6) is 1.64. The van der Waals surface area contributed by atoms with Gasteiger partial charge >= 0.3 is 0 Å². The first-order chi connectivity index (χ1) is 12.7. The molecule has 26 heavy (non-hydrogen) atoms. The van der Waals surface area contributed by atoms with Crippen LogP contribution in [-0.2, 0) is 13.0 Å². The van der Waals surface area contributed by atoms with Crippen LogP contribution in [-0.4, -0.2) is 28.7 Å². The number of anilines is 1. The van der Waals surface area contributed by atoms with E-state index in [-0.39, 0.29) is 10.6 Å². The third kappa shape index (κ3) is 2.85. The van der Waals surface area contributed by atoms with E-state index in [9.17, 15) is 10.1 Å². The van der Waals surface area contributed by atoms with Gasteiger partial charge in [0.1, 0.15) is 5.75 Å². The summed E-state index contributed by atoms with van der Waals surface area (Å²) in [5.41, 5.74) is 2.81. The minimum absolute atomic E-state index is 0.113. The van der Waals surface area contributed by atoms with E-state index in [1.807, 2.05) is 24.3 Å². The highest BCUT2D eigenvalue weighted by atomic mass is 16.6. The van der Waals surface area contributed by atoms with E-state index in [1.54, 1.807) is 19.2 Å². The second-order valence-corrected chi connectivity index (χ2v) is 5.95. The lowest BCUT2D eigenvalue weighted by atomic mass is 10.1. The number of hydrogen-bond donors (Lipinski definition) is 0. The number of para-hydroxylation sites is 1. The number of benzene rings is 2. The molecule has 2 heterocycles. The summed E-state index contributed by atoms with van der Waals surface area (Å²) in [5, 5.41) is 15.0. The van der Waals surface area contributed by atoms with Gasteiger partial charge in [-0.3, -0.25) is 10.1 Å². The lowest BCUT2D eigenvalue weighted by Crippen LogP contribution is -2.19. The molecule has 0 saturated heterocycles. The largest absolute Gasteiger partial charge is 0.496 e. The fourth-order valence-electron chi connectivity index (χ4n) is 3.16. The summed E-state index contributed by atoms with van der Waals surface area (Å²) in [4.78, 5) is 17.1. The summed E-state index contributed by atoms with van der Waals surface area (Å²) in [6.07, 6.45) is 0.754. The maximum Gasteiger partial charge on any atom is 0.269 e. The van der Waals surface area contributed by atoms with Gasteiger partial charge in [-0.15, -0.1) is 0 Å². The Balaban J connectivity index is 1.55. The van der Waals surface area contributed by atoms with Gasteiger partial charge in [0.15, 0.2) is 0 Å². The Morgan fingerprint density at radius 2 is 2.15 bits per heavy atom. The third-order valence-electron chi connectivity index (χ3n) is 4.41. The molecule has 0 atom stereocenters. The van der Waals surface area contributed by atoms with Gasteiger partial charge in [-0.2, -0.15) is 4.98 Å². The summed E-state index contributed by atoms with van der Waals surface area (Å²) < 4.78 is 10.7. The molecule has 0 spiro atoms. The Morgan fingerprint density at radius 3 is 2.96 bits per heavy atom. The highest BCUT2D eigenvalue weighted by Crippen LogP contribution is 2.33. The standard InChI is InChI=1S/C18H16N4O4/c1-25-16-5-3-2-4-14(16)18-19-17(26-20-18)11-21-9-8-12-10-13(22(23)24)6-7-15(12)21/h2-7,10H,8-9,11H2,1H3. The fraction of sp³-hybridized carbons (Fsp3) is 0.222. The number of nitro groups is 1. The topological polar surface area (TPSA) is 94.5 Å². The van der Waals surface area contributed by atoms with Crippen LogP contribution in [0.4, 0.5) is 11.4 Å². The van der Waals surface area contributed by atoms with E-state index in [0.29, 0.717) is 24.0 Å². The predicted octanol–water partition coefficient (Wildman–Crippen LogP) is 3.22. The smallest absolute Gasteiger partial charge is 0.269 e. The minimum atomic E-state index is -0.375. The minimum Gasteiger partial charge on any atom is -0.496 e. The van der Waals surface area contributed by atoms with Crippen molar-refractivity contribution in [3.05, 3.63) is 64.0 Å². The van der Waals surface area contributed by atoms with Crippen LogP contribution < -0.4 is 9.64 Å². The van der Waals surface area contributed by atoms with E-state index in [2.05, 4.69) is 15.0 Å². The van der Waals surface area contributed by atoms with Crippen molar-refractivity contribution in [2.75, 3.05) is 18.6 Å². The molecule has 0 fully saturated rings. The number of ether oxygens (including phenoxy) is 1. The quantitative estimate of drug-likeness (QED) is 0.514. The third-order valence-corrected chi connectivity index (χ3v) is 4.41. The number of methoxy groups -OCH3 is 1. The Hall–Kier alpha value is -3.42. The molecule has 8 nitrogen and oxygen atoms in total. The van der Waals surface area contributed by atoms with Crippen LogP contribution in [0.15, 0.2) is 47.0 Å². The van der Waals surface area contributed by atoms with E-state index in [1.165, 1.54) is 6.07 Å². The molecule has 1 aliphatic heterocycles. The van der Waals surface area contributed by atoms with Crippen LogP contribution in [0.2, 0.25) is 0 Å². The zero-order valence-electron chi connectivity index (χ0n) is 14.1. The van der Waals surface area contributed by atoms with Gasteiger partial charge < -0.3 is 14.2 Å². The van der Waals surface area contributed by atoms with Gasteiger partial charge in [-0.25, -0.2) is 0 Å². The van der Waals surface area contributed by atoms with E-state index < -0.39 is 0 Å². The lowest BCUT2D eigenvalue weighted by molar-refractivity contribution is -0.384. The first-order valence-electron chi connectivity index (χ1n) is 8.14. The van der Waals surface area contributed by atoms with E-state index >= 15 is 0 Å². The summed E-state index contributed by atoms with van der Waals surface area (Å²) in [6.45, 7) is 1.20. The number of nitrogens with zero attached hydrogens (tertiary/aromatic N) is 4. The predicted molar refractivity (Wildman–Crippen MR) is 94.1 cm³/mol. The highest BCUT2D eigenvalue weighted by molar-refractivity contribution is 5.64. The van der Waals surface area contributed by atoms with Crippen LogP contribution >= 0.6 is 0 Å². The van der Waals surface area contributed by atoms with Crippen molar-refractivity contribution in [1.29, 1.82) is 0 Å². The second kappa shape index (κ2) is 6.47. The molecule has 0 radical (unpaired) electrons. The van der Waals surface area contributed by atoms with Crippen LogP contribution in [0.25, 0.3) is 11.4 Å². The zero-order valence-corrected chi connectivity index (χ0v) is 14.1. The van der Waals surface area contributed by atoms with Crippen molar-refractivity contribution in [2.24, 2.45) is 0 Å². The van der Waals surface area contributed by atoms with E-state index in [0.717, 1.165) is 29.8 Å². The van der Waals surface area contributed by atoms with Crippen molar-refractivity contribution in [3.8, 4) is 17.1 Å². The molecule has 2 aromatic carbocycles. The average Bonchev–Trinajstić information content (AvgIpc) is 3.29. The molecule has 0 aliphatic carbocycles. The van der Waals surface area contributed by atoms with Crippen LogP contribution in [0, 0.1) is 10.1 Å². The number of nitro benzene ring substituents is 1. The SMILES string of the molecule is COc1ccccc1-c1noc(CN2CCc3cc([N+](=O)[O-])ccc32)n1. The number of aromatic nitrogens is 2. The normalized spacial score (nSPS) is 12.9. The highest BCUT2D eigenvalue weighted by Gasteiger charge is 2.24. The second-order valence-electron chi connectivity index (χ2n) is 5.95. The summed E-state index contributed by atoms with van der Waals surface area (Å²) >= 11 is 0. The van der Waals surface area contributed by atoms with E-state index in [4.69, 9.17) is 9.26 Å². The van der Waals surface area contributed by atoms with Crippen LogP contribution in [0.3, 0.4) is 0 Å². The molecular formula is C18H16N4O4. The lowest BCUT2D eigenvalue weighted by Gasteiger charge is -2.16. The Kier molecular flexibility index (Phi) is 4.00. The molecule has 0 bridgehead atoms. The number of rotatable bonds is 5. The fourth-order valence-corrected chi connectivity index (χ4v) is 3.16. The number of fused-ring (bicyclic) bond motifs is 1. The van der Waals surface area contributed by atoms with Gasteiger partial charge in [-0.05, 0) is 30.2 Å². The zero-order chi connectivity index (χ0) is 18.1.